The number of piperidine rings is 1. The number of carbonyl (C=O) groups excluding carboxylic acids is 1. The van der Waals surface area contributed by atoms with Crippen molar-refractivity contribution in [3.8, 4) is 5.75 Å². The van der Waals surface area contributed by atoms with Gasteiger partial charge in [-0.05, 0) is 44.5 Å². The van der Waals surface area contributed by atoms with E-state index in [-0.39, 0.29) is 30.5 Å². The van der Waals surface area contributed by atoms with E-state index in [0.717, 1.165) is 18.4 Å². The van der Waals surface area contributed by atoms with Crippen LogP contribution in [0.25, 0.3) is 10.9 Å². The molecular formula is C22H29N3O4S. The average molecular weight is 432 g/mol. The molecule has 0 radical (unpaired) electrons. The SMILES string of the molecule is O=C(c1ccc2cccc(OCCCN3CCCCC3)c2n1)N1CCS(=O)(=O)CC1. The Morgan fingerprint density at radius 3 is 2.53 bits per heavy atom. The van der Waals surface area contributed by atoms with Gasteiger partial charge in [0.05, 0.1) is 18.1 Å². The van der Waals surface area contributed by atoms with Gasteiger partial charge in [-0.2, -0.15) is 0 Å². The number of ether oxygens (including phenoxy) is 1. The summed E-state index contributed by atoms with van der Waals surface area (Å²) in [6, 6.07) is 9.34. The quantitative estimate of drug-likeness (QED) is 0.654. The van der Waals surface area contributed by atoms with E-state index in [9.17, 15) is 13.2 Å². The molecule has 0 unspecified atom stereocenters. The summed E-state index contributed by atoms with van der Waals surface area (Å²) in [5.41, 5.74) is 0.997. The van der Waals surface area contributed by atoms with Crippen LogP contribution in [0, 0.1) is 0 Å². The fourth-order valence-corrected chi connectivity index (χ4v) is 5.29. The second-order valence-corrected chi connectivity index (χ2v) is 10.4. The van der Waals surface area contributed by atoms with Gasteiger partial charge in [0.25, 0.3) is 5.91 Å². The van der Waals surface area contributed by atoms with Gasteiger partial charge < -0.3 is 14.5 Å². The summed E-state index contributed by atoms with van der Waals surface area (Å²) in [4.78, 5) is 21.5. The van der Waals surface area contributed by atoms with Gasteiger partial charge >= 0.3 is 0 Å². The van der Waals surface area contributed by atoms with Gasteiger partial charge in [0, 0.05) is 25.0 Å². The maximum Gasteiger partial charge on any atom is 0.272 e. The van der Waals surface area contributed by atoms with Crippen molar-refractivity contribution in [3.05, 3.63) is 36.0 Å². The first kappa shape index (κ1) is 21.1. The molecule has 2 aliphatic heterocycles. The highest BCUT2D eigenvalue weighted by Crippen LogP contribution is 2.25. The Balaban J connectivity index is 1.42. The van der Waals surface area contributed by atoms with Crippen molar-refractivity contribution in [2.24, 2.45) is 0 Å². The van der Waals surface area contributed by atoms with Crippen LogP contribution < -0.4 is 4.74 Å². The monoisotopic (exact) mass is 431 g/mol. The maximum absolute atomic E-state index is 12.8. The Bertz CT molecular complexity index is 989. The van der Waals surface area contributed by atoms with E-state index >= 15 is 0 Å². The number of likely N-dealkylation sites (tertiary alicyclic amines) is 1. The topological polar surface area (TPSA) is 79.8 Å². The number of aromatic nitrogens is 1. The van der Waals surface area contributed by atoms with Crippen molar-refractivity contribution in [2.75, 3.05) is 50.8 Å². The number of sulfone groups is 1. The molecule has 0 atom stereocenters. The van der Waals surface area contributed by atoms with Crippen molar-refractivity contribution in [1.82, 2.24) is 14.8 Å². The molecule has 1 aromatic carbocycles. The summed E-state index contributed by atoms with van der Waals surface area (Å²) in [5, 5.41) is 0.918. The molecule has 162 valence electrons. The van der Waals surface area contributed by atoms with Gasteiger partial charge in [-0.1, -0.05) is 24.6 Å². The standard InChI is InChI=1S/C22H29N3O4S/c26-22(25-13-16-30(27,28)17-14-25)19-9-8-18-6-4-7-20(21(18)23-19)29-15-5-12-24-10-2-1-3-11-24/h4,6-9H,1-3,5,10-17H2. The molecule has 2 aliphatic rings. The minimum absolute atomic E-state index is 0.0116. The van der Waals surface area contributed by atoms with Crippen molar-refractivity contribution in [3.63, 3.8) is 0 Å². The molecule has 3 heterocycles. The fraction of sp³-hybridized carbons (Fsp3) is 0.545. The number of benzene rings is 1. The molecule has 2 fully saturated rings. The molecule has 0 aliphatic carbocycles. The second-order valence-electron chi connectivity index (χ2n) is 8.07. The molecule has 30 heavy (non-hydrogen) atoms. The number of fused-ring (bicyclic) bond motifs is 1. The number of carbonyl (C=O) groups is 1. The van der Waals surface area contributed by atoms with Crippen LogP contribution in [0.4, 0.5) is 0 Å². The Labute approximate surface area is 177 Å². The molecule has 4 rings (SSSR count). The number of pyridine rings is 1. The zero-order valence-corrected chi connectivity index (χ0v) is 18.1. The molecular weight excluding hydrogens is 402 g/mol. The van der Waals surface area contributed by atoms with E-state index in [0.29, 0.717) is 23.6 Å². The molecule has 7 nitrogen and oxygen atoms in total. The molecule has 0 spiro atoms. The maximum atomic E-state index is 12.8. The van der Waals surface area contributed by atoms with Crippen LogP contribution in [-0.2, 0) is 9.84 Å². The minimum Gasteiger partial charge on any atom is -0.491 e. The summed E-state index contributed by atoms with van der Waals surface area (Å²) in [6.07, 6.45) is 4.86. The Hall–Kier alpha value is -2.19. The molecule has 8 heteroatoms. The summed E-state index contributed by atoms with van der Waals surface area (Å²) in [6.45, 7) is 4.45. The van der Waals surface area contributed by atoms with Gasteiger partial charge in [0.2, 0.25) is 0 Å². The first-order chi connectivity index (χ1) is 14.5. The normalized spacial score (nSPS) is 19.7. The lowest BCUT2D eigenvalue weighted by molar-refractivity contribution is 0.0765. The zero-order chi connectivity index (χ0) is 21.0. The largest absolute Gasteiger partial charge is 0.491 e. The van der Waals surface area contributed by atoms with E-state index in [2.05, 4.69) is 9.88 Å². The second kappa shape index (κ2) is 9.31. The average Bonchev–Trinajstić information content (AvgIpc) is 2.77. The molecule has 0 bridgehead atoms. The van der Waals surface area contributed by atoms with E-state index < -0.39 is 9.84 Å². The zero-order valence-electron chi connectivity index (χ0n) is 17.3. The van der Waals surface area contributed by atoms with Gasteiger partial charge in [-0.15, -0.1) is 0 Å². The van der Waals surface area contributed by atoms with Gasteiger partial charge in [-0.25, -0.2) is 13.4 Å². The Morgan fingerprint density at radius 2 is 1.77 bits per heavy atom. The van der Waals surface area contributed by atoms with Crippen LogP contribution in [0.2, 0.25) is 0 Å². The van der Waals surface area contributed by atoms with Gasteiger partial charge in [0.1, 0.15) is 17.0 Å². The van der Waals surface area contributed by atoms with E-state index in [1.54, 1.807) is 11.0 Å². The van der Waals surface area contributed by atoms with Crippen molar-refractivity contribution >= 4 is 26.6 Å². The molecule has 0 saturated carbocycles. The third kappa shape index (κ3) is 5.10. The Morgan fingerprint density at radius 1 is 1.00 bits per heavy atom. The van der Waals surface area contributed by atoms with E-state index in [4.69, 9.17) is 4.74 Å². The highest BCUT2D eigenvalue weighted by atomic mass is 32.2. The summed E-state index contributed by atoms with van der Waals surface area (Å²) in [5.74, 6) is 0.476. The number of nitrogens with zero attached hydrogens (tertiary/aromatic N) is 3. The predicted molar refractivity (Wildman–Crippen MR) is 117 cm³/mol. The van der Waals surface area contributed by atoms with Crippen molar-refractivity contribution in [2.45, 2.75) is 25.7 Å². The van der Waals surface area contributed by atoms with Crippen molar-refractivity contribution < 1.29 is 17.9 Å². The van der Waals surface area contributed by atoms with E-state index in [1.807, 2.05) is 24.3 Å². The van der Waals surface area contributed by atoms with Crippen LogP contribution in [0.1, 0.15) is 36.2 Å². The lowest BCUT2D eigenvalue weighted by Gasteiger charge is -2.26. The summed E-state index contributed by atoms with van der Waals surface area (Å²) < 4.78 is 29.3. The number of para-hydroxylation sites is 1. The lowest BCUT2D eigenvalue weighted by Crippen LogP contribution is -2.44. The highest BCUT2D eigenvalue weighted by Gasteiger charge is 2.26. The Kier molecular flexibility index (Phi) is 6.53. The van der Waals surface area contributed by atoms with Crippen LogP contribution in [0.5, 0.6) is 5.75 Å². The van der Waals surface area contributed by atoms with Crippen LogP contribution >= 0.6 is 0 Å². The fourth-order valence-electron chi connectivity index (χ4n) is 4.09. The first-order valence-electron chi connectivity index (χ1n) is 10.8. The number of amides is 1. The third-order valence-electron chi connectivity index (χ3n) is 5.86. The molecule has 2 aromatic rings. The summed E-state index contributed by atoms with van der Waals surface area (Å²) >= 11 is 0. The smallest absolute Gasteiger partial charge is 0.272 e. The first-order valence-corrected chi connectivity index (χ1v) is 12.6. The highest BCUT2D eigenvalue weighted by molar-refractivity contribution is 7.91. The lowest BCUT2D eigenvalue weighted by atomic mass is 10.1. The number of hydrogen-bond acceptors (Lipinski definition) is 6. The number of rotatable bonds is 6. The summed E-state index contributed by atoms with van der Waals surface area (Å²) in [7, 11) is -3.03. The molecule has 2 saturated heterocycles. The minimum atomic E-state index is -3.03. The third-order valence-corrected chi connectivity index (χ3v) is 7.47. The molecule has 1 amide bonds. The van der Waals surface area contributed by atoms with E-state index in [1.165, 1.54) is 32.4 Å². The van der Waals surface area contributed by atoms with Crippen LogP contribution in [0.15, 0.2) is 30.3 Å². The van der Waals surface area contributed by atoms with Crippen LogP contribution in [0.3, 0.4) is 0 Å². The van der Waals surface area contributed by atoms with Crippen molar-refractivity contribution in [1.29, 1.82) is 0 Å². The van der Waals surface area contributed by atoms with Gasteiger partial charge in [-0.3, -0.25) is 4.79 Å². The van der Waals surface area contributed by atoms with Crippen LogP contribution in [-0.4, -0.2) is 79.9 Å². The molecule has 0 N–H and O–H groups in total. The van der Waals surface area contributed by atoms with Gasteiger partial charge in [0.15, 0.2) is 9.84 Å². The number of hydrogen-bond donors (Lipinski definition) is 0. The predicted octanol–water partition coefficient (Wildman–Crippen LogP) is 2.36. The molecule has 1 aromatic heterocycles.